The maximum absolute atomic E-state index is 3.79. The third-order valence-electron chi connectivity index (χ3n) is 2.97. The zero-order valence-electron chi connectivity index (χ0n) is 13.8. The monoisotopic (exact) mass is 268 g/mol. The molecule has 20 heavy (non-hydrogen) atoms. The molecule has 0 bridgehead atoms. The molecular weight excluding hydrogens is 240 g/mol. The average molecular weight is 268 g/mol. The Morgan fingerprint density at radius 1 is 0.900 bits per heavy atom. The van der Waals surface area contributed by atoms with Crippen LogP contribution in [0.2, 0.25) is 0 Å². The van der Waals surface area contributed by atoms with Crippen LogP contribution in [-0.4, -0.2) is 0 Å². The fourth-order valence-electron chi connectivity index (χ4n) is 1.86. The Morgan fingerprint density at radius 2 is 1.40 bits per heavy atom. The van der Waals surface area contributed by atoms with Crippen molar-refractivity contribution >= 4 is 16.8 Å². The predicted molar refractivity (Wildman–Crippen MR) is 93.3 cm³/mol. The van der Waals surface area contributed by atoms with E-state index in [4.69, 9.17) is 0 Å². The summed E-state index contributed by atoms with van der Waals surface area (Å²) in [6, 6.07) is 13.2. The van der Waals surface area contributed by atoms with Crippen molar-refractivity contribution in [2.24, 2.45) is 5.92 Å². The van der Waals surface area contributed by atoms with Crippen LogP contribution < -0.4 is 0 Å². The van der Waals surface area contributed by atoms with Crippen LogP contribution in [0.1, 0.15) is 52.7 Å². The third-order valence-corrected chi connectivity index (χ3v) is 2.97. The van der Waals surface area contributed by atoms with Gasteiger partial charge in [-0.25, -0.2) is 0 Å². The van der Waals surface area contributed by atoms with E-state index in [1.54, 1.807) is 0 Å². The molecule has 0 heteroatoms. The summed E-state index contributed by atoms with van der Waals surface area (Å²) in [5.74, 6) is 0.833. The summed E-state index contributed by atoms with van der Waals surface area (Å²) >= 11 is 0. The van der Waals surface area contributed by atoms with Gasteiger partial charge >= 0.3 is 0 Å². The van der Waals surface area contributed by atoms with Crippen LogP contribution in [0.25, 0.3) is 16.8 Å². The van der Waals surface area contributed by atoms with E-state index >= 15 is 0 Å². The quantitative estimate of drug-likeness (QED) is 0.558. The van der Waals surface area contributed by atoms with Gasteiger partial charge in [-0.2, -0.15) is 0 Å². The van der Waals surface area contributed by atoms with Crippen molar-refractivity contribution in [1.82, 2.24) is 0 Å². The molecule has 2 aromatic carbocycles. The van der Waals surface area contributed by atoms with E-state index < -0.39 is 0 Å². The van der Waals surface area contributed by atoms with E-state index in [1.165, 1.54) is 21.9 Å². The fourth-order valence-corrected chi connectivity index (χ4v) is 1.86. The fraction of sp³-hybridized carbons (Fsp3) is 0.400. The van der Waals surface area contributed by atoms with Gasteiger partial charge in [0.2, 0.25) is 0 Å². The van der Waals surface area contributed by atoms with E-state index in [2.05, 4.69) is 84.5 Å². The number of hydrogen-bond acceptors (Lipinski definition) is 0. The molecule has 0 saturated heterocycles. The molecule has 0 aliphatic rings. The molecular formula is C20H28. The topological polar surface area (TPSA) is 0 Å². The number of hydrogen-bond donors (Lipinski definition) is 0. The normalized spacial score (nSPS) is 11.2. The lowest BCUT2D eigenvalue weighted by Crippen LogP contribution is -2.10. The van der Waals surface area contributed by atoms with Gasteiger partial charge in [0.1, 0.15) is 0 Å². The number of rotatable bonds is 1. The lowest BCUT2D eigenvalue weighted by atomic mass is 9.86. The first-order chi connectivity index (χ1) is 9.24. The molecule has 0 saturated carbocycles. The highest BCUT2D eigenvalue weighted by Crippen LogP contribution is 2.26. The minimum absolute atomic E-state index is 0.214. The van der Waals surface area contributed by atoms with E-state index in [-0.39, 0.29) is 5.41 Å². The molecule has 2 rings (SSSR count). The van der Waals surface area contributed by atoms with Crippen molar-refractivity contribution < 1.29 is 0 Å². The molecule has 0 N–H and O–H groups in total. The highest BCUT2D eigenvalue weighted by molar-refractivity contribution is 5.85. The molecule has 0 radical (unpaired) electrons. The molecule has 0 aliphatic heterocycles. The first kappa shape index (κ1) is 16.5. The lowest BCUT2D eigenvalue weighted by Gasteiger charge is -2.19. The molecule has 0 atom stereocenters. The van der Waals surface area contributed by atoms with Gasteiger partial charge in [0.15, 0.2) is 0 Å². The first-order valence-electron chi connectivity index (χ1n) is 7.41. The van der Waals surface area contributed by atoms with Gasteiger partial charge in [0, 0.05) is 0 Å². The van der Waals surface area contributed by atoms with Crippen molar-refractivity contribution in [3.05, 3.63) is 54.1 Å². The van der Waals surface area contributed by atoms with E-state index in [1.807, 2.05) is 6.08 Å². The van der Waals surface area contributed by atoms with Crippen LogP contribution in [0, 0.1) is 5.92 Å². The first-order valence-corrected chi connectivity index (χ1v) is 7.41. The molecule has 0 nitrogen and oxygen atoms in total. The second kappa shape index (κ2) is 6.74. The summed E-state index contributed by atoms with van der Waals surface area (Å²) < 4.78 is 0. The Hall–Kier alpha value is -1.56. The van der Waals surface area contributed by atoms with E-state index in [9.17, 15) is 0 Å². The van der Waals surface area contributed by atoms with Crippen molar-refractivity contribution in [1.29, 1.82) is 0 Å². The predicted octanol–water partition coefficient (Wildman–Crippen LogP) is 6.44. The van der Waals surface area contributed by atoms with E-state index in [0.29, 0.717) is 0 Å². The van der Waals surface area contributed by atoms with Gasteiger partial charge in [-0.15, -0.1) is 0 Å². The van der Waals surface area contributed by atoms with Crippen LogP contribution in [0.3, 0.4) is 0 Å². The molecule has 108 valence electrons. The standard InChI is InChI=1S/C16H18.C4H10/c1-5-12-6-7-14-11-15(16(2,3)4)9-8-13(14)10-12;1-4(2)3/h5-11H,1H2,2-4H3;4H,1-3H3. The summed E-state index contributed by atoms with van der Waals surface area (Å²) in [6.07, 6.45) is 1.89. The summed E-state index contributed by atoms with van der Waals surface area (Å²) in [7, 11) is 0. The summed E-state index contributed by atoms with van der Waals surface area (Å²) in [6.45, 7) is 17.0. The van der Waals surface area contributed by atoms with Gasteiger partial charge in [-0.1, -0.05) is 84.5 Å². The minimum atomic E-state index is 0.214. The number of fused-ring (bicyclic) bond motifs is 1. The molecule has 0 spiro atoms. The van der Waals surface area contributed by atoms with Crippen LogP contribution in [-0.2, 0) is 5.41 Å². The molecule has 0 unspecified atom stereocenters. The zero-order chi connectivity index (χ0) is 15.3. The van der Waals surface area contributed by atoms with Crippen molar-refractivity contribution in [3.8, 4) is 0 Å². The second-order valence-corrected chi connectivity index (χ2v) is 7.01. The molecule has 0 heterocycles. The van der Waals surface area contributed by atoms with Crippen molar-refractivity contribution in [2.45, 2.75) is 47.0 Å². The summed E-state index contributed by atoms with van der Waals surface area (Å²) in [5, 5.41) is 2.59. The van der Waals surface area contributed by atoms with Crippen LogP contribution in [0.15, 0.2) is 43.0 Å². The van der Waals surface area contributed by atoms with Gasteiger partial charge in [-0.3, -0.25) is 0 Å². The highest BCUT2D eigenvalue weighted by atomic mass is 14.2. The van der Waals surface area contributed by atoms with Crippen LogP contribution in [0.4, 0.5) is 0 Å². The highest BCUT2D eigenvalue weighted by Gasteiger charge is 2.13. The zero-order valence-corrected chi connectivity index (χ0v) is 13.8. The minimum Gasteiger partial charge on any atom is -0.0985 e. The Balaban J connectivity index is 0.000000444. The molecule has 2 aromatic rings. The van der Waals surface area contributed by atoms with Gasteiger partial charge in [0.05, 0.1) is 0 Å². The summed E-state index contributed by atoms with van der Waals surface area (Å²) in [5.41, 5.74) is 2.77. The second-order valence-electron chi connectivity index (χ2n) is 7.01. The third kappa shape index (κ3) is 4.85. The van der Waals surface area contributed by atoms with Gasteiger partial charge < -0.3 is 0 Å². The molecule has 0 fully saturated rings. The van der Waals surface area contributed by atoms with Crippen molar-refractivity contribution in [2.75, 3.05) is 0 Å². The maximum atomic E-state index is 3.79. The average Bonchev–Trinajstić information content (AvgIpc) is 2.35. The molecule has 0 aromatic heterocycles. The smallest absolute Gasteiger partial charge is 0.0132 e. The maximum Gasteiger partial charge on any atom is -0.0132 e. The molecule has 0 aliphatic carbocycles. The van der Waals surface area contributed by atoms with Crippen LogP contribution >= 0.6 is 0 Å². The lowest BCUT2D eigenvalue weighted by molar-refractivity contribution is 0.591. The van der Waals surface area contributed by atoms with Crippen LogP contribution in [0.5, 0.6) is 0 Å². The summed E-state index contributed by atoms with van der Waals surface area (Å²) in [4.78, 5) is 0. The Kier molecular flexibility index (Phi) is 5.56. The Bertz CT molecular complexity index is 565. The Morgan fingerprint density at radius 3 is 1.90 bits per heavy atom. The SMILES string of the molecule is C=Cc1ccc2cc(C(C)(C)C)ccc2c1.CC(C)C. The molecule has 0 amide bonds. The number of benzene rings is 2. The van der Waals surface area contributed by atoms with Gasteiger partial charge in [0.25, 0.3) is 0 Å². The Labute approximate surface area is 124 Å². The van der Waals surface area contributed by atoms with E-state index in [0.717, 1.165) is 5.92 Å². The largest absolute Gasteiger partial charge is 0.0985 e. The van der Waals surface area contributed by atoms with Gasteiger partial charge in [-0.05, 0) is 39.3 Å². The van der Waals surface area contributed by atoms with Crippen molar-refractivity contribution in [3.63, 3.8) is 0 Å².